The summed E-state index contributed by atoms with van der Waals surface area (Å²) in [6.07, 6.45) is 1.53. The molecule has 0 spiro atoms. The predicted octanol–water partition coefficient (Wildman–Crippen LogP) is 4.18. The fourth-order valence-corrected chi connectivity index (χ4v) is 4.69. The van der Waals surface area contributed by atoms with Crippen molar-refractivity contribution in [3.8, 4) is 11.1 Å². The molecule has 1 aliphatic heterocycles. The van der Waals surface area contributed by atoms with Crippen molar-refractivity contribution in [2.24, 2.45) is 5.73 Å². The van der Waals surface area contributed by atoms with E-state index in [2.05, 4.69) is 4.98 Å². The van der Waals surface area contributed by atoms with Crippen molar-refractivity contribution in [1.82, 2.24) is 9.88 Å². The zero-order valence-electron chi connectivity index (χ0n) is 18.2. The van der Waals surface area contributed by atoms with E-state index in [0.717, 1.165) is 11.1 Å². The van der Waals surface area contributed by atoms with Gasteiger partial charge < -0.3 is 20.5 Å². The molecule has 1 aliphatic rings. The van der Waals surface area contributed by atoms with Crippen LogP contribution in [0.5, 0.6) is 0 Å². The van der Waals surface area contributed by atoms with E-state index in [0.29, 0.717) is 28.8 Å². The van der Waals surface area contributed by atoms with Crippen LogP contribution in [0.15, 0.2) is 72.7 Å². The fraction of sp³-hybridized carbons (Fsp3) is 0.250. The Morgan fingerprint density at radius 1 is 1.24 bits per heavy atom. The van der Waals surface area contributed by atoms with Crippen LogP contribution in [0.25, 0.3) is 22.0 Å². The molecule has 2 heterocycles. The zero-order valence-corrected chi connectivity index (χ0v) is 18.2. The summed E-state index contributed by atoms with van der Waals surface area (Å²) < 4.78 is 5.12. The molecule has 33 heavy (non-hydrogen) atoms. The molecule has 0 bridgehead atoms. The molecule has 3 atom stereocenters. The van der Waals surface area contributed by atoms with E-state index in [1.54, 1.807) is 43.1 Å². The van der Waals surface area contributed by atoms with Crippen molar-refractivity contribution in [2.45, 2.75) is 31.5 Å². The third kappa shape index (κ3) is 3.61. The van der Waals surface area contributed by atoms with E-state index in [-0.39, 0.29) is 0 Å². The molecule has 4 rings (SSSR count). The van der Waals surface area contributed by atoms with Gasteiger partial charge in [0.05, 0.1) is 16.3 Å². The Bertz CT molecular complexity index is 1250. The van der Waals surface area contributed by atoms with Gasteiger partial charge in [0.1, 0.15) is 12.0 Å². The van der Waals surface area contributed by atoms with Crippen LogP contribution in [0.1, 0.15) is 25.3 Å². The molecule has 9 nitrogen and oxygen atoms in total. The number of ether oxygens (including phenoxy) is 1. The highest BCUT2D eigenvalue weighted by Crippen LogP contribution is 2.45. The maximum absolute atomic E-state index is 12.5. The van der Waals surface area contributed by atoms with Gasteiger partial charge in [-0.25, -0.2) is 4.79 Å². The molecule has 0 radical (unpaired) electrons. The minimum atomic E-state index is -2.30. The van der Waals surface area contributed by atoms with Crippen molar-refractivity contribution >= 4 is 17.1 Å². The van der Waals surface area contributed by atoms with Gasteiger partial charge in [-0.05, 0) is 43.2 Å². The molecule has 3 aromatic rings. The van der Waals surface area contributed by atoms with Crippen LogP contribution in [0.3, 0.4) is 0 Å². The summed E-state index contributed by atoms with van der Waals surface area (Å²) in [5, 5.41) is 22.6. The lowest BCUT2D eigenvalue weighted by Gasteiger charge is -2.44. The molecular formula is C24H24N4O5. The molecule has 0 fully saturated rings. The topological polar surface area (TPSA) is 132 Å². The number of likely N-dealkylation sites (N-methyl/N-ethyl adjacent to an activating group) is 1. The lowest BCUT2D eigenvalue weighted by atomic mass is 9.79. The molecule has 3 unspecified atom stereocenters. The number of benzene rings is 2. The molecule has 2 aromatic carbocycles. The maximum atomic E-state index is 12.5. The van der Waals surface area contributed by atoms with Crippen LogP contribution < -0.4 is 5.73 Å². The molecule has 0 amide bonds. The third-order valence-electron chi connectivity index (χ3n) is 6.26. The predicted molar refractivity (Wildman–Crippen MR) is 123 cm³/mol. The summed E-state index contributed by atoms with van der Waals surface area (Å²) in [5.41, 5.74) is 6.87. The van der Waals surface area contributed by atoms with Crippen LogP contribution in [0.4, 0.5) is 4.79 Å². The summed E-state index contributed by atoms with van der Waals surface area (Å²) in [6, 6.07) is 15.8. The Morgan fingerprint density at radius 2 is 1.97 bits per heavy atom. The smallest absolute Gasteiger partial charge is 0.450 e. The highest BCUT2D eigenvalue weighted by Gasteiger charge is 2.63. The number of hydrogen-bond acceptors (Lipinski definition) is 7. The second-order valence-electron chi connectivity index (χ2n) is 7.91. The van der Waals surface area contributed by atoms with Gasteiger partial charge in [0.2, 0.25) is 0 Å². The zero-order chi connectivity index (χ0) is 23.8. The largest absolute Gasteiger partial charge is 0.511 e. The summed E-state index contributed by atoms with van der Waals surface area (Å²) in [7, 11) is 0. The quantitative estimate of drug-likeness (QED) is 0.257. The SMILES string of the molecule is CCN1C(N)=CC(c2cccc3ncc(-c4ccccc4)cc23)C(OC(=O)O)([N+](=O)[O-])C1C. The first-order valence-electron chi connectivity index (χ1n) is 10.5. The van der Waals surface area contributed by atoms with Crippen molar-refractivity contribution < 1.29 is 19.6 Å². The van der Waals surface area contributed by atoms with Gasteiger partial charge >= 0.3 is 11.9 Å². The molecule has 1 aromatic heterocycles. The number of carboxylic acid groups (broad SMARTS) is 1. The van der Waals surface area contributed by atoms with E-state index in [4.69, 9.17) is 10.5 Å². The Hall–Kier alpha value is -4.14. The number of nitrogens with zero attached hydrogens (tertiary/aromatic N) is 3. The number of nitro groups is 1. The average molecular weight is 448 g/mol. The summed E-state index contributed by atoms with van der Waals surface area (Å²) in [5.74, 6) is -0.747. The van der Waals surface area contributed by atoms with Crippen molar-refractivity contribution in [2.75, 3.05) is 6.54 Å². The lowest BCUT2D eigenvalue weighted by molar-refractivity contribution is -0.634. The van der Waals surface area contributed by atoms with Gasteiger partial charge in [-0.3, -0.25) is 15.1 Å². The van der Waals surface area contributed by atoms with Crippen molar-refractivity contribution in [3.63, 3.8) is 0 Å². The third-order valence-corrected chi connectivity index (χ3v) is 6.26. The minimum absolute atomic E-state index is 0.325. The van der Waals surface area contributed by atoms with Gasteiger partial charge in [-0.2, -0.15) is 0 Å². The van der Waals surface area contributed by atoms with E-state index >= 15 is 0 Å². The second-order valence-corrected chi connectivity index (χ2v) is 7.91. The Morgan fingerprint density at radius 3 is 2.61 bits per heavy atom. The number of aromatic nitrogens is 1. The molecule has 0 saturated heterocycles. The van der Waals surface area contributed by atoms with Crippen LogP contribution in [0.2, 0.25) is 0 Å². The van der Waals surface area contributed by atoms with E-state index in [1.165, 1.54) is 6.08 Å². The van der Waals surface area contributed by atoms with Crippen LogP contribution >= 0.6 is 0 Å². The lowest BCUT2D eigenvalue weighted by Crippen LogP contribution is -2.64. The monoisotopic (exact) mass is 448 g/mol. The second kappa shape index (κ2) is 8.42. The van der Waals surface area contributed by atoms with E-state index in [1.807, 2.05) is 36.4 Å². The molecule has 170 valence electrons. The Labute approximate surface area is 190 Å². The summed E-state index contributed by atoms with van der Waals surface area (Å²) in [6.45, 7) is 3.70. The first-order valence-corrected chi connectivity index (χ1v) is 10.5. The Kier molecular flexibility index (Phi) is 5.63. The first-order chi connectivity index (χ1) is 15.8. The Balaban J connectivity index is 2.00. The molecular weight excluding hydrogens is 424 g/mol. The van der Waals surface area contributed by atoms with Crippen LogP contribution in [0, 0.1) is 10.1 Å². The maximum Gasteiger partial charge on any atom is 0.511 e. The molecule has 3 N–H and O–H groups in total. The normalized spacial score (nSPS) is 22.6. The van der Waals surface area contributed by atoms with E-state index < -0.39 is 28.8 Å². The number of pyridine rings is 1. The number of nitrogens with two attached hydrogens (primary N) is 1. The average Bonchev–Trinajstić information content (AvgIpc) is 2.80. The molecule has 0 saturated carbocycles. The van der Waals surface area contributed by atoms with E-state index in [9.17, 15) is 20.0 Å². The van der Waals surface area contributed by atoms with Gasteiger partial charge in [-0.15, -0.1) is 0 Å². The van der Waals surface area contributed by atoms with Gasteiger partial charge in [0.25, 0.3) is 0 Å². The van der Waals surface area contributed by atoms with Crippen LogP contribution in [-0.4, -0.2) is 44.4 Å². The fourth-order valence-electron chi connectivity index (χ4n) is 4.69. The van der Waals surface area contributed by atoms with Crippen LogP contribution in [-0.2, 0) is 4.74 Å². The number of hydrogen-bond donors (Lipinski definition) is 2. The first kappa shape index (κ1) is 22.1. The summed E-state index contributed by atoms with van der Waals surface area (Å²) >= 11 is 0. The highest BCUT2D eigenvalue weighted by molar-refractivity contribution is 5.87. The number of carbonyl (C=O) groups is 1. The molecule has 0 aliphatic carbocycles. The molecule has 9 heteroatoms. The van der Waals surface area contributed by atoms with Crippen molar-refractivity contribution in [1.29, 1.82) is 0 Å². The van der Waals surface area contributed by atoms with Crippen molar-refractivity contribution in [3.05, 3.63) is 88.4 Å². The summed E-state index contributed by atoms with van der Waals surface area (Å²) in [4.78, 5) is 29.6. The number of rotatable bonds is 5. The highest BCUT2D eigenvalue weighted by atomic mass is 16.7. The standard InChI is InChI=1S/C24H24N4O5/c1-3-27-15(2)24(28(31)32,33-23(29)30)20(13-22(27)25)18-10-7-11-21-19(18)12-17(14-26-21)16-8-5-4-6-9-16/h4-15,20H,3,25H2,1-2H3,(H,29,30). The van der Waals surface area contributed by atoms with Gasteiger partial charge in [-0.1, -0.05) is 42.5 Å². The minimum Gasteiger partial charge on any atom is -0.450 e. The van der Waals surface area contributed by atoms with Gasteiger partial charge in [0, 0.05) is 23.7 Å². The van der Waals surface area contributed by atoms with Gasteiger partial charge in [0.15, 0.2) is 0 Å². The number of fused-ring (bicyclic) bond motifs is 1.